The number of carbonyl (C=O) groups excluding carboxylic acids is 4. The van der Waals surface area contributed by atoms with Gasteiger partial charge in [-0.2, -0.15) is 0 Å². The van der Waals surface area contributed by atoms with Crippen LogP contribution in [0.2, 0.25) is 0 Å². The average molecular weight is 1600 g/mol. The minimum Gasteiger partial charge on any atom is -0.462 e. The van der Waals surface area contributed by atoms with Crippen molar-refractivity contribution in [2.45, 2.75) is 290 Å². The Morgan fingerprint density at radius 2 is 0.482 bits per heavy atom. The van der Waals surface area contributed by atoms with Crippen molar-refractivity contribution in [2.24, 2.45) is 0 Å². The van der Waals surface area contributed by atoms with E-state index in [9.17, 15) is 43.2 Å². The fraction of sp³-hybridized carbons (Fsp3) is 0.548. The second-order valence-electron chi connectivity index (χ2n) is 26.6. The molecule has 0 aliphatic heterocycles. The molecule has 0 bridgehead atoms. The van der Waals surface area contributed by atoms with Gasteiger partial charge in [-0.15, -0.1) is 0 Å². The number of carbonyl (C=O) groups is 4. The predicted molar refractivity (Wildman–Crippen MR) is 463 cm³/mol. The highest BCUT2D eigenvalue weighted by molar-refractivity contribution is 7.47. The van der Waals surface area contributed by atoms with E-state index < -0.39 is 97.5 Å². The van der Waals surface area contributed by atoms with Gasteiger partial charge in [0.2, 0.25) is 0 Å². The van der Waals surface area contributed by atoms with E-state index in [-0.39, 0.29) is 25.7 Å². The minimum absolute atomic E-state index is 0.00900. The number of hydrogen-bond acceptors (Lipinski definition) is 15. The summed E-state index contributed by atoms with van der Waals surface area (Å²) in [5.74, 6) is -2.45. The Bertz CT molecular complexity index is 3040. The summed E-state index contributed by atoms with van der Waals surface area (Å²) in [5.41, 5.74) is 0. The molecule has 0 aliphatic rings. The van der Waals surface area contributed by atoms with Gasteiger partial charge in [0.1, 0.15) is 19.3 Å². The molecule has 0 aromatic heterocycles. The molecule has 0 spiro atoms. The second kappa shape index (κ2) is 82.1. The van der Waals surface area contributed by atoms with E-state index in [1.54, 1.807) is 0 Å². The van der Waals surface area contributed by atoms with E-state index in [0.717, 1.165) is 161 Å². The zero-order valence-corrected chi connectivity index (χ0v) is 70.5. The first kappa shape index (κ1) is 105. The maximum absolute atomic E-state index is 13.1. The van der Waals surface area contributed by atoms with Gasteiger partial charge in [0.15, 0.2) is 12.2 Å². The molecule has 628 valence electrons. The van der Waals surface area contributed by atoms with Crippen LogP contribution in [-0.2, 0) is 65.4 Å². The molecule has 0 fully saturated rings. The number of ether oxygens (including phenoxy) is 4. The number of aliphatic hydroxyl groups is 1. The molecule has 112 heavy (non-hydrogen) atoms. The van der Waals surface area contributed by atoms with Crippen LogP contribution in [0.15, 0.2) is 231 Å². The lowest BCUT2D eigenvalue weighted by Crippen LogP contribution is -2.30. The summed E-state index contributed by atoms with van der Waals surface area (Å²) in [7, 11) is -10.1. The molecule has 2 unspecified atom stereocenters. The Morgan fingerprint density at radius 3 is 0.795 bits per heavy atom. The van der Waals surface area contributed by atoms with Crippen molar-refractivity contribution >= 4 is 39.5 Å². The van der Waals surface area contributed by atoms with Crippen LogP contribution in [0.25, 0.3) is 0 Å². The van der Waals surface area contributed by atoms with E-state index in [1.165, 1.54) is 19.3 Å². The van der Waals surface area contributed by atoms with Crippen LogP contribution in [0.1, 0.15) is 272 Å². The van der Waals surface area contributed by atoms with E-state index in [0.29, 0.717) is 38.5 Å². The number of phosphoric acid groups is 2. The zero-order chi connectivity index (χ0) is 81.7. The van der Waals surface area contributed by atoms with Crippen molar-refractivity contribution in [3.05, 3.63) is 231 Å². The highest BCUT2D eigenvalue weighted by atomic mass is 31.2. The number of phosphoric ester groups is 2. The van der Waals surface area contributed by atoms with E-state index in [1.807, 2.05) is 36.5 Å². The van der Waals surface area contributed by atoms with Crippen molar-refractivity contribution in [1.29, 1.82) is 0 Å². The molecule has 17 nitrogen and oxygen atoms in total. The zero-order valence-electron chi connectivity index (χ0n) is 68.7. The van der Waals surface area contributed by atoms with E-state index in [4.69, 9.17) is 37.0 Å². The lowest BCUT2D eigenvalue weighted by Gasteiger charge is -2.21. The molecule has 0 rings (SSSR count). The summed E-state index contributed by atoms with van der Waals surface area (Å²) in [6.45, 7) is 4.24. The van der Waals surface area contributed by atoms with E-state index >= 15 is 0 Å². The van der Waals surface area contributed by atoms with Gasteiger partial charge in [0, 0.05) is 25.7 Å². The fourth-order valence-corrected chi connectivity index (χ4v) is 11.5. The van der Waals surface area contributed by atoms with Gasteiger partial charge in [-0.25, -0.2) is 9.13 Å². The van der Waals surface area contributed by atoms with Crippen molar-refractivity contribution < 1.29 is 80.2 Å². The highest BCUT2D eigenvalue weighted by Crippen LogP contribution is 2.45. The van der Waals surface area contributed by atoms with Gasteiger partial charge in [-0.05, 0) is 180 Å². The van der Waals surface area contributed by atoms with Crippen LogP contribution in [0.3, 0.4) is 0 Å². The fourth-order valence-electron chi connectivity index (χ4n) is 9.92. The molecule has 0 aromatic carbocycles. The average Bonchev–Trinajstić information content (AvgIpc) is 0.898. The summed E-state index contributed by atoms with van der Waals surface area (Å²) < 4.78 is 68.5. The maximum Gasteiger partial charge on any atom is 0.472 e. The SMILES string of the molecule is CC/C=C\C/C=C\C/C=C\C/C=C\C/C=C\C/C=C\CCC(=O)OC[C@H](COP(=O)(O)OC[C@@H](O)COP(=O)(O)OC[C@@H](COC(=O)CCCCC/C=C\C/C=C\C/C=C\C/C=C\C/C=C\CC)OC(=O)CCCCCCC/C=C\C/C=C\CCCCC)OC(=O)CC/C=C\C/C=C\C/C=C\C/C=C\C/C=C\C/C=C\CC. The van der Waals surface area contributed by atoms with Crippen LogP contribution in [0, 0.1) is 0 Å². The Morgan fingerprint density at radius 1 is 0.259 bits per heavy atom. The Balaban J connectivity index is 5.59. The molecular formula is C93H144O17P2. The number of rotatable bonds is 75. The lowest BCUT2D eigenvalue weighted by atomic mass is 10.1. The van der Waals surface area contributed by atoms with Crippen molar-refractivity contribution in [3.8, 4) is 0 Å². The van der Waals surface area contributed by atoms with Crippen molar-refractivity contribution in [1.82, 2.24) is 0 Å². The number of aliphatic hydroxyl groups excluding tert-OH is 1. The number of unbranched alkanes of at least 4 members (excludes halogenated alkanes) is 11. The first-order valence-corrected chi connectivity index (χ1v) is 44.6. The number of allylic oxidation sites excluding steroid dienone is 38. The molecule has 0 radical (unpaired) electrons. The third-order valence-corrected chi connectivity index (χ3v) is 18.0. The normalized spacial score (nSPS) is 15.0. The topological polar surface area (TPSA) is 237 Å². The first-order chi connectivity index (χ1) is 54.7. The van der Waals surface area contributed by atoms with Gasteiger partial charge < -0.3 is 33.8 Å². The Kier molecular flexibility index (Phi) is 77.1. The van der Waals surface area contributed by atoms with Gasteiger partial charge in [0.25, 0.3) is 0 Å². The maximum atomic E-state index is 13.1. The summed E-state index contributed by atoms with van der Waals surface area (Å²) in [5, 5.41) is 10.7. The van der Waals surface area contributed by atoms with Crippen LogP contribution >= 0.6 is 15.6 Å². The molecule has 0 aliphatic carbocycles. The molecular weight excluding hydrogens is 1450 g/mol. The molecule has 0 amide bonds. The molecule has 0 aromatic rings. The van der Waals surface area contributed by atoms with Gasteiger partial charge >= 0.3 is 39.5 Å². The predicted octanol–water partition coefficient (Wildman–Crippen LogP) is 25.0. The summed E-state index contributed by atoms with van der Waals surface area (Å²) in [6, 6.07) is 0. The molecule has 0 saturated heterocycles. The Hall–Kier alpha value is -6.88. The van der Waals surface area contributed by atoms with Crippen LogP contribution in [0.4, 0.5) is 0 Å². The van der Waals surface area contributed by atoms with Gasteiger partial charge in [-0.1, -0.05) is 297 Å². The van der Waals surface area contributed by atoms with Crippen LogP contribution < -0.4 is 0 Å². The monoisotopic (exact) mass is 1590 g/mol. The van der Waals surface area contributed by atoms with Crippen molar-refractivity contribution in [3.63, 3.8) is 0 Å². The summed E-state index contributed by atoms with van der Waals surface area (Å²) in [6.07, 6.45) is 106. The molecule has 19 heteroatoms. The molecule has 0 saturated carbocycles. The molecule has 0 heterocycles. The lowest BCUT2D eigenvalue weighted by molar-refractivity contribution is -0.161. The molecule has 3 N–H and O–H groups in total. The second-order valence-corrected chi connectivity index (χ2v) is 29.5. The Labute approximate surface area is 676 Å². The number of hydrogen-bond donors (Lipinski definition) is 3. The van der Waals surface area contributed by atoms with Gasteiger partial charge in [-0.3, -0.25) is 37.3 Å². The van der Waals surface area contributed by atoms with Crippen molar-refractivity contribution in [2.75, 3.05) is 39.6 Å². The highest BCUT2D eigenvalue weighted by Gasteiger charge is 2.30. The third kappa shape index (κ3) is 81.1. The van der Waals surface area contributed by atoms with Crippen LogP contribution in [0.5, 0.6) is 0 Å². The first-order valence-electron chi connectivity index (χ1n) is 41.6. The number of esters is 4. The van der Waals surface area contributed by atoms with E-state index in [2.05, 4.69) is 222 Å². The van der Waals surface area contributed by atoms with Crippen LogP contribution in [-0.4, -0.2) is 96.7 Å². The minimum atomic E-state index is -5.04. The standard InChI is InChI=1S/C93H144O17P2/c1-5-9-13-17-21-25-29-33-37-40-43-46-50-53-57-61-65-69-73-77-90(95)103-83-88(109-92(97)79-75-71-67-63-59-55-49-36-32-28-24-20-16-12-8-4)85-107-111(99,100)105-81-87(94)82-106-112(101,102)108-86-89(110-93(98)80-76-72-68-64-60-56-52-48-45-42-39-35-31-27-23-19-15-11-7-3)84-104-91(96)78-74-70-66-62-58-54-51-47-44-41-38-34-30-26-22-18-14-10-6-2/h9-11,13-15,21-28,33-39,43-49,53-54,56-58,60,66,68,70,72,87-89,94H,5-8,12,16-20,29-32,40-42,50-52,55,59,61-65,67,69,71,73-86H2,1-4H3,(H,99,100)(H,101,102)/b13-9-,14-10-,15-11-,25-21-,26-22-,27-23-,28-24-,37-33-,38-34-,39-35-,46-43-,47-44-,48-45-,49-36-,57-53-,58-54-,60-56-,70-66-,72-68-/t87-,88+,89+/m0/s1. The summed E-state index contributed by atoms with van der Waals surface area (Å²) in [4.78, 5) is 73.2. The molecule has 5 atom stereocenters. The quantitative estimate of drug-likeness (QED) is 0.0169. The van der Waals surface area contributed by atoms with Gasteiger partial charge in [0.05, 0.1) is 26.4 Å². The largest absolute Gasteiger partial charge is 0.472 e. The third-order valence-electron chi connectivity index (χ3n) is 16.1. The smallest absolute Gasteiger partial charge is 0.462 e. The summed E-state index contributed by atoms with van der Waals surface area (Å²) >= 11 is 0.